The summed E-state index contributed by atoms with van der Waals surface area (Å²) in [4.78, 5) is 24.0. The van der Waals surface area contributed by atoms with Gasteiger partial charge in [0.25, 0.3) is 0 Å². The van der Waals surface area contributed by atoms with Crippen molar-refractivity contribution in [3.8, 4) is 0 Å². The highest BCUT2D eigenvalue weighted by Crippen LogP contribution is 2.23. The minimum Gasteiger partial charge on any atom is -0.481 e. The third-order valence-corrected chi connectivity index (χ3v) is 4.55. The minimum absolute atomic E-state index is 0.0744. The SMILES string of the molecule is O=C(O)CCNC(=O)N1CCC(OCc2ccc(Cl)c(Cl)c2)CC1. The van der Waals surface area contributed by atoms with E-state index >= 15 is 0 Å². The van der Waals surface area contributed by atoms with Crippen molar-refractivity contribution in [3.05, 3.63) is 33.8 Å². The van der Waals surface area contributed by atoms with Crippen LogP contribution in [0, 0.1) is 0 Å². The van der Waals surface area contributed by atoms with Gasteiger partial charge in [0, 0.05) is 19.6 Å². The van der Waals surface area contributed by atoms with Crippen LogP contribution >= 0.6 is 23.2 Å². The molecule has 1 heterocycles. The van der Waals surface area contributed by atoms with E-state index < -0.39 is 5.97 Å². The van der Waals surface area contributed by atoms with Gasteiger partial charge in [-0.25, -0.2) is 4.79 Å². The number of likely N-dealkylation sites (tertiary alicyclic amines) is 1. The van der Waals surface area contributed by atoms with Crippen molar-refractivity contribution < 1.29 is 19.4 Å². The maximum Gasteiger partial charge on any atom is 0.317 e. The lowest BCUT2D eigenvalue weighted by Gasteiger charge is -2.32. The lowest BCUT2D eigenvalue weighted by Crippen LogP contribution is -2.46. The Morgan fingerprint density at radius 2 is 1.96 bits per heavy atom. The van der Waals surface area contributed by atoms with E-state index in [1.165, 1.54) is 0 Å². The van der Waals surface area contributed by atoms with Crippen molar-refractivity contribution >= 4 is 35.2 Å². The molecule has 2 N–H and O–H groups in total. The second-order valence-corrected chi connectivity index (χ2v) is 6.44. The van der Waals surface area contributed by atoms with Gasteiger partial charge in [-0.2, -0.15) is 0 Å². The number of urea groups is 1. The third kappa shape index (κ3) is 5.85. The van der Waals surface area contributed by atoms with Crippen LogP contribution in [0.3, 0.4) is 0 Å². The fourth-order valence-corrected chi connectivity index (χ4v) is 2.78. The summed E-state index contributed by atoms with van der Waals surface area (Å²) in [5.41, 5.74) is 0.957. The van der Waals surface area contributed by atoms with E-state index in [2.05, 4.69) is 5.32 Å². The predicted octanol–water partition coefficient (Wildman–Crippen LogP) is 3.16. The van der Waals surface area contributed by atoms with Crippen molar-refractivity contribution in [3.63, 3.8) is 0 Å². The first-order chi connectivity index (χ1) is 11.5. The van der Waals surface area contributed by atoms with E-state index in [0.29, 0.717) is 29.7 Å². The number of ether oxygens (including phenoxy) is 1. The Morgan fingerprint density at radius 1 is 1.25 bits per heavy atom. The monoisotopic (exact) mass is 374 g/mol. The van der Waals surface area contributed by atoms with Crippen molar-refractivity contribution in [2.24, 2.45) is 0 Å². The molecule has 0 unspecified atom stereocenters. The molecule has 1 fully saturated rings. The molecule has 0 radical (unpaired) electrons. The molecular weight excluding hydrogens is 355 g/mol. The summed E-state index contributed by atoms with van der Waals surface area (Å²) >= 11 is 11.9. The number of carbonyl (C=O) groups is 2. The first-order valence-corrected chi connectivity index (χ1v) is 8.51. The van der Waals surface area contributed by atoms with Gasteiger partial charge in [-0.15, -0.1) is 0 Å². The van der Waals surface area contributed by atoms with E-state index in [1.807, 2.05) is 6.07 Å². The Labute approximate surface area is 150 Å². The van der Waals surface area contributed by atoms with Gasteiger partial charge in [-0.1, -0.05) is 29.3 Å². The van der Waals surface area contributed by atoms with E-state index in [0.717, 1.165) is 18.4 Å². The molecule has 1 aliphatic heterocycles. The lowest BCUT2D eigenvalue weighted by atomic mass is 10.1. The van der Waals surface area contributed by atoms with Crippen LogP contribution in [0.25, 0.3) is 0 Å². The van der Waals surface area contributed by atoms with Gasteiger partial charge in [0.05, 0.1) is 29.2 Å². The van der Waals surface area contributed by atoms with Gasteiger partial charge in [0.1, 0.15) is 0 Å². The van der Waals surface area contributed by atoms with Crippen LogP contribution in [0.15, 0.2) is 18.2 Å². The maximum atomic E-state index is 11.9. The number of rotatable bonds is 6. The molecule has 24 heavy (non-hydrogen) atoms. The van der Waals surface area contributed by atoms with Crippen molar-refractivity contribution in [1.29, 1.82) is 0 Å². The van der Waals surface area contributed by atoms with Gasteiger partial charge in [0.2, 0.25) is 0 Å². The highest BCUT2D eigenvalue weighted by molar-refractivity contribution is 6.42. The summed E-state index contributed by atoms with van der Waals surface area (Å²) in [6.07, 6.45) is 1.50. The van der Waals surface area contributed by atoms with Crippen LogP contribution in [0.2, 0.25) is 10.0 Å². The Bertz CT molecular complexity index is 589. The standard InChI is InChI=1S/C16H20Cl2N2O4/c17-13-2-1-11(9-14(13)18)10-24-12-4-7-20(8-5-12)16(23)19-6-3-15(21)22/h1-2,9,12H,3-8,10H2,(H,19,23)(H,21,22). The Balaban J connectivity index is 1.69. The molecule has 0 spiro atoms. The predicted molar refractivity (Wildman–Crippen MR) is 91.5 cm³/mol. The number of carboxylic acids is 1. The van der Waals surface area contributed by atoms with Gasteiger partial charge >= 0.3 is 12.0 Å². The first kappa shape index (κ1) is 18.8. The molecule has 2 rings (SSSR count). The summed E-state index contributed by atoms with van der Waals surface area (Å²) in [5, 5.41) is 12.2. The number of piperidine rings is 1. The summed E-state index contributed by atoms with van der Waals surface area (Å²) in [7, 11) is 0. The molecule has 0 aliphatic carbocycles. The van der Waals surface area contributed by atoms with E-state index in [-0.39, 0.29) is 25.1 Å². The average molecular weight is 375 g/mol. The van der Waals surface area contributed by atoms with E-state index in [9.17, 15) is 9.59 Å². The second kappa shape index (κ2) is 9.11. The first-order valence-electron chi connectivity index (χ1n) is 7.76. The molecule has 0 saturated carbocycles. The number of hydrogen-bond donors (Lipinski definition) is 2. The van der Waals surface area contributed by atoms with Crippen molar-refractivity contribution in [2.45, 2.75) is 32.0 Å². The number of hydrogen-bond acceptors (Lipinski definition) is 3. The largest absolute Gasteiger partial charge is 0.481 e. The molecule has 0 atom stereocenters. The van der Waals surface area contributed by atoms with Crippen LogP contribution < -0.4 is 5.32 Å². The Kier molecular flexibility index (Phi) is 7.15. The highest BCUT2D eigenvalue weighted by atomic mass is 35.5. The van der Waals surface area contributed by atoms with Crippen LogP contribution in [-0.4, -0.2) is 47.7 Å². The van der Waals surface area contributed by atoms with E-state index in [4.69, 9.17) is 33.0 Å². The molecule has 1 aromatic rings. The molecule has 2 amide bonds. The number of carbonyl (C=O) groups excluding carboxylic acids is 1. The summed E-state index contributed by atoms with van der Waals surface area (Å²) in [5.74, 6) is -0.926. The summed E-state index contributed by atoms with van der Waals surface area (Å²) in [6, 6.07) is 5.18. The van der Waals surface area contributed by atoms with Crippen LogP contribution in [0.5, 0.6) is 0 Å². The smallest absolute Gasteiger partial charge is 0.317 e. The van der Waals surface area contributed by atoms with Crippen LogP contribution in [-0.2, 0) is 16.1 Å². The zero-order valence-corrected chi connectivity index (χ0v) is 14.6. The Hall–Kier alpha value is -1.50. The van der Waals surface area contributed by atoms with Crippen LogP contribution in [0.4, 0.5) is 4.79 Å². The molecule has 0 aromatic heterocycles. The maximum absolute atomic E-state index is 11.9. The molecule has 1 aromatic carbocycles. The molecule has 1 saturated heterocycles. The highest BCUT2D eigenvalue weighted by Gasteiger charge is 2.23. The summed E-state index contributed by atoms with van der Waals surface area (Å²) in [6.45, 7) is 1.77. The number of benzene rings is 1. The second-order valence-electron chi connectivity index (χ2n) is 5.62. The number of nitrogens with one attached hydrogen (secondary N) is 1. The van der Waals surface area contributed by atoms with Gasteiger partial charge in [-0.05, 0) is 30.5 Å². The van der Waals surface area contributed by atoms with Crippen molar-refractivity contribution in [2.75, 3.05) is 19.6 Å². The van der Waals surface area contributed by atoms with Gasteiger partial charge < -0.3 is 20.1 Å². The third-order valence-electron chi connectivity index (χ3n) is 3.81. The number of carboxylic acid groups (broad SMARTS) is 1. The zero-order valence-electron chi connectivity index (χ0n) is 13.1. The average Bonchev–Trinajstić information content (AvgIpc) is 2.56. The number of nitrogens with zero attached hydrogens (tertiary/aromatic N) is 1. The molecule has 1 aliphatic rings. The summed E-state index contributed by atoms with van der Waals surface area (Å²) < 4.78 is 5.87. The molecule has 132 valence electrons. The van der Waals surface area contributed by atoms with E-state index in [1.54, 1.807) is 17.0 Å². The number of amides is 2. The van der Waals surface area contributed by atoms with Crippen molar-refractivity contribution in [1.82, 2.24) is 10.2 Å². The fourth-order valence-electron chi connectivity index (χ4n) is 2.46. The van der Waals surface area contributed by atoms with Gasteiger partial charge in [0.15, 0.2) is 0 Å². The number of halogens is 2. The lowest BCUT2D eigenvalue weighted by molar-refractivity contribution is -0.136. The molecule has 6 nitrogen and oxygen atoms in total. The zero-order chi connectivity index (χ0) is 17.5. The quantitative estimate of drug-likeness (QED) is 0.801. The normalized spacial score (nSPS) is 15.3. The van der Waals surface area contributed by atoms with Crippen LogP contribution in [0.1, 0.15) is 24.8 Å². The topological polar surface area (TPSA) is 78.9 Å². The molecule has 0 bridgehead atoms. The molecular formula is C16H20Cl2N2O4. The van der Waals surface area contributed by atoms with Gasteiger partial charge in [-0.3, -0.25) is 4.79 Å². The molecule has 8 heteroatoms. The minimum atomic E-state index is -0.926. The fraction of sp³-hybridized carbons (Fsp3) is 0.500. The number of aliphatic carboxylic acids is 1. The Morgan fingerprint density at radius 3 is 2.58 bits per heavy atom.